The summed E-state index contributed by atoms with van der Waals surface area (Å²) in [6.45, 7) is 4.22. The molecule has 76 valence electrons. The predicted octanol–water partition coefficient (Wildman–Crippen LogP) is 1.35. The average Bonchev–Trinajstić information content (AvgIpc) is 2.47. The summed E-state index contributed by atoms with van der Waals surface area (Å²) in [7, 11) is 2.13. The largest absolute Gasteiger partial charge is 0.326 e. The highest BCUT2D eigenvalue weighted by molar-refractivity contribution is 5.27. The van der Waals surface area contributed by atoms with Gasteiger partial charge in [0, 0.05) is 25.0 Å². The lowest BCUT2D eigenvalue weighted by atomic mass is 9.94. The molecular weight excluding hydrogens is 172 g/mol. The molecule has 0 aliphatic carbocycles. The molecule has 1 aromatic carbocycles. The third-order valence-corrected chi connectivity index (χ3v) is 3.05. The first-order chi connectivity index (χ1) is 6.66. The van der Waals surface area contributed by atoms with Crippen LogP contribution in [0.3, 0.4) is 0 Å². The highest BCUT2D eigenvalue weighted by Crippen LogP contribution is 2.25. The van der Waals surface area contributed by atoms with Gasteiger partial charge in [0.2, 0.25) is 0 Å². The van der Waals surface area contributed by atoms with E-state index in [4.69, 9.17) is 5.73 Å². The number of benzene rings is 1. The molecule has 2 atom stereocenters. The third-order valence-electron chi connectivity index (χ3n) is 3.05. The van der Waals surface area contributed by atoms with Crippen LogP contribution in [0.1, 0.15) is 17.0 Å². The van der Waals surface area contributed by atoms with Crippen molar-refractivity contribution in [2.75, 3.05) is 20.1 Å². The first-order valence-corrected chi connectivity index (χ1v) is 5.17. The second-order valence-electron chi connectivity index (χ2n) is 4.40. The Morgan fingerprint density at radius 3 is 2.36 bits per heavy atom. The van der Waals surface area contributed by atoms with Crippen molar-refractivity contribution in [1.82, 2.24) is 4.90 Å². The molecule has 0 bridgehead atoms. The summed E-state index contributed by atoms with van der Waals surface area (Å²) >= 11 is 0. The summed E-state index contributed by atoms with van der Waals surface area (Å²) in [5, 5.41) is 0. The molecule has 1 aromatic rings. The SMILES string of the molecule is Cc1ccc(C2CN(C)CC2N)cc1. The van der Waals surface area contributed by atoms with Gasteiger partial charge in [-0.15, -0.1) is 0 Å². The predicted molar refractivity (Wildman–Crippen MR) is 59.4 cm³/mol. The lowest BCUT2D eigenvalue weighted by Gasteiger charge is -2.14. The Labute approximate surface area is 85.7 Å². The van der Waals surface area contributed by atoms with E-state index in [1.807, 2.05) is 0 Å². The third kappa shape index (κ3) is 1.81. The molecule has 0 amide bonds. The van der Waals surface area contributed by atoms with E-state index in [0.717, 1.165) is 13.1 Å². The van der Waals surface area contributed by atoms with Crippen molar-refractivity contribution < 1.29 is 0 Å². The Balaban J connectivity index is 2.19. The van der Waals surface area contributed by atoms with E-state index in [-0.39, 0.29) is 0 Å². The van der Waals surface area contributed by atoms with E-state index in [1.165, 1.54) is 11.1 Å². The number of likely N-dealkylation sites (N-methyl/N-ethyl adjacent to an activating group) is 1. The van der Waals surface area contributed by atoms with Crippen LogP contribution in [0.2, 0.25) is 0 Å². The maximum absolute atomic E-state index is 6.10. The van der Waals surface area contributed by atoms with E-state index in [1.54, 1.807) is 0 Å². The molecule has 0 aromatic heterocycles. The average molecular weight is 190 g/mol. The van der Waals surface area contributed by atoms with Gasteiger partial charge in [0.15, 0.2) is 0 Å². The quantitative estimate of drug-likeness (QED) is 0.724. The summed E-state index contributed by atoms with van der Waals surface area (Å²) in [6, 6.07) is 9.04. The van der Waals surface area contributed by atoms with Crippen LogP contribution in [0.15, 0.2) is 24.3 Å². The van der Waals surface area contributed by atoms with Gasteiger partial charge in [-0.2, -0.15) is 0 Å². The number of nitrogens with zero attached hydrogens (tertiary/aromatic N) is 1. The highest BCUT2D eigenvalue weighted by Gasteiger charge is 2.28. The first-order valence-electron chi connectivity index (χ1n) is 5.17. The zero-order valence-electron chi connectivity index (χ0n) is 8.90. The Hall–Kier alpha value is -0.860. The van der Waals surface area contributed by atoms with E-state index >= 15 is 0 Å². The van der Waals surface area contributed by atoms with Gasteiger partial charge in [0.25, 0.3) is 0 Å². The van der Waals surface area contributed by atoms with Crippen LogP contribution >= 0.6 is 0 Å². The fraction of sp³-hybridized carbons (Fsp3) is 0.500. The second kappa shape index (κ2) is 3.71. The van der Waals surface area contributed by atoms with Gasteiger partial charge in [-0.3, -0.25) is 0 Å². The molecule has 2 N–H and O–H groups in total. The minimum atomic E-state index is 0.294. The molecular formula is C12H18N2. The molecule has 1 aliphatic rings. The minimum absolute atomic E-state index is 0.294. The smallest absolute Gasteiger partial charge is 0.0249 e. The van der Waals surface area contributed by atoms with E-state index in [9.17, 15) is 0 Å². The summed E-state index contributed by atoms with van der Waals surface area (Å²) in [6.07, 6.45) is 0. The fourth-order valence-corrected chi connectivity index (χ4v) is 2.20. The van der Waals surface area contributed by atoms with Crippen LogP contribution in [0.5, 0.6) is 0 Å². The minimum Gasteiger partial charge on any atom is -0.326 e. The molecule has 2 nitrogen and oxygen atoms in total. The molecule has 2 unspecified atom stereocenters. The van der Waals surface area contributed by atoms with Crippen molar-refractivity contribution in [1.29, 1.82) is 0 Å². The highest BCUT2D eigenvalue weighted by atomic mass is 15.1. The van der Waals surface area contributed by atoms with Crippen molar-refractivity contribution in [3.05, 3.63) is 35.4 Å². The number of hydrogen-bond acceptors (Lipinski definition) is 2. The zero-order chi connectivity index (χ0) is 10.1. The van der Waals surface area contributed by atoms with Crippen molar-refractivity contribution in [2.45, 2.75) is 18.9 Å². The van der Waals surface area contributed by atoms with Crippen LogP contribution in [0, 0.1) is 6.92 Å². The van der Waals surface area contributed by atoms with Crippen molar-refractivity contribution in [3.63, 3.8) is 0 Å². The Morgan fingerprint density at radius 1 is 1.21 bits per heavy atom. The van der Waals surface area contributed by atoms with Gasteiger partial charge in [0.05, 0.1) is 0 Å². The summed E-state index contributed by atoms with van der Waals surface area (Å²) < 4.78 is 0. The van der Waals surface area contributed by atoms with Crippen LogP contribution in [0.25, 0.3) is 0 Å². The second-order valence-corrected chi connectivity index (χ2v) is 4.40. The van der Waals surface area contributed by atoms with Crippen molar-refractivity contribution in [2.24, 2.45) is 5.73 Å². The number of hydrogen-bond donors (Lipinski definition) is 1. The van der Waals surface area contributed by atoms with E-state index in [2.05, 4.69) is 43.1 Å². The van der Waals surface area contributed by atoms with Gasteiger partial charge in [-0.1, -0.05) is 29.8 Å². The standard InChI is InChI=1S/C12H18N2/c1-9-3-5-10(6-4-9)11-7-14(2)8-12(11)13/h3-6,11-12H,7-8,13H2,1-2H3. The molecule has 1 fully saturated rings. The van der Waals surface area contributed by atoms with Crippen LogP contribution in [-0.4, -0.2) is 31.1 Å². The molecule has 14 heavy (non-hydrogen) atoms. The van der Waals surface area contributed by atoms with Crippen LogP contribution in [0.4, 0.5) is 0 Å². The molecule has 2 heteroatoms. The van der Waals surface area contributed by atoms with Crippen LogP contribution in [-0.2, 0) is 0 Å². The topological polar surface area (TPSA) is 29.3 Å². The fourth-order valence-electron chi connectivity index (χ4n) is 2.20. The Kier molecular flexibility index (Phi) is 2.57. The van der Waals surface area contributed by atoms with Gasteiger partial charge in [-0.05, 0) is 19.5 Å². The normalized spacial score (nSPS) is 28.2. The van der Waals surface area contributed by atoms with E-state index in [0.29, 0.717) is 12.0 Å². The molecule has 0 radical (unpaired) electrons. The molecule has 1 heterocycles. The number of rotatable bonds is 1. The maximum atomic E-state index is 6.10. The molecule has 2 rings (SSSR count). The van der Waals surface area contributed by atoms with Crippen molar-refractivity contribution in [3.8, 4) is 0 Å². The number of likely N-dealkylation sites (tertiary alicyclic amines) is 1. The van der Waals surface area contributed by atoms with Gasteiger partial charge in [-0.25, -0.2) is 0 Å². The molecule has 0 saturated carbocycles. The summed E-state index contributed by atoms with van der Waals surface area (Å²) in [4.78, 5) is 2.30. The Bertz CT molecular complexity index is 305. The molecule has 1 saturated heterocycles. The monoisotopic (exact) mass is 190 g/mol. The first kappa shape index (κ1) is 9.69. The molecule has 0 spiro atoms. The summed E-state index contributed by atoms with van der Waals surface area (Å²) in [5.74, 6) is 0.514. The van der Waals surface area contributed by atoms with Gasteiger partial charge < -0.3 is 10.6 Å². The zero-order valence-corrected chi connectivity index (χ0v) is 8.90. The maximum Gasteiger partial charge on any atom is 0.0249 e. The number of nitrogens with two attached hydrogens (primary N) is 1. The van der Waals surface area contributed by atoms with Crippen molar-refractivity contribution >= 4 is 0 Å². The number of aryl methyl sites for hydroxylation is 1. The lowest BCUT2D eigenvalue weighted by molar-refractivity contribution is 0.407. The Morgan fingerprint density at radius 2 is 1.86 bits per heavy atom. The summed E-state index contributed by atoms with van der Waals surface area (Å²) in [5.41, 5.74) is 8.79. The van der Waals surface area contributed by atoms with Gasteiger partial charge in [0.1, 0.15) is 0 Å². The molecule has 1 aliphatic heterocycles. The van der Waals surface area contributed by atoms with Gasteiger partial charge >= 0.3 is 0 Å². The van der Waals surface area contributed by atoms with E-state index < -0.39 is 0 Å². The lowest BCUT2D eigenvalue weighted by Crippen LogP contribution is -2.27. The van der Waals surface area contributed by atoms with Crippen LogP contribution < -0.4 is 5.73 Å².